The van der Waals surface area contributed by atoms with Crippen LogP contribution in [0.2, 0.25) is 5.02 Å². The Morgan fingerprint density at radius 2 is 1.78 bits per heavy atom. The van der Waals surface area contributed by atoms with Gasteiger partial charge in [-0.2, -0.15) is 0 Å². The van der Waals surface area contributed by atoms with E-state index >= 15 is 0 Å². The summed E-state index contributed by atoms with van der Waals surface area (Å²) >= 11 is 5.94. The Kier molecular flexibility index (Phi) is 4.60. The number of fused-ring (bicyclic) bond motifs is 1. The first-order valence-corrected chi connectivity index (χ1v) is 8.87. The van der Waals surface area contributed by atoms with Crippen LogP contribution in [0.3, 0.4) is 0 Å². The van der Waals surface area contributed by atoms with Gasteiger partial charge in [0.05, 0.1) is 11.1 Å². The number of phenolic OH excluding ortho intramolecular Hbond substituents is 1. The SMILES string of the molecule is Cc1ccc2ccc(C(Nc3ccc(Cl)cn3)c3ccncc3)c(O)c2n1. The Balaban J connectivity index is 1.84. The number of aromatic nitrogens is 3. The van der Waals surface area contributed by atoms with Crippen molar-refractivity contribution in [2.75, 3.05) is 5.32 Å². The average molecular weight is 377 g/mol. The summed E-state index contributed by atoms with van der Waals surface area (Å²) in [5.41, 5.74) is 3.09. The second kappa shape index (κ2) is 7.21. The number of rotatable bonds is 4. The van der Waals surface area contributed by atoms with E-state index in [0.717, 1.165) is 16.6 Å². The quantitative estimate of drug-likeness (QED) is 0.530. The zero-order chi connectivity index (χ0) is 18.8. The molecule has 0 aliphatic rings. The van der Waals surface area contributed by atoms with E-state index in [0.29, 0.717) is 21.9 Å². The molecular formula is C21H17ClN4O. The van der Waals surface area contributed by atoms with Crippen LogP contribution in [-0.2, 0) is 0 Å². The Labute approximate surface area is 161 Å². The predicted molar refractivity (Wildman–Crippen MR) is 107 cm³/mol. The van der Waals surface area contributed by atoms with E-state index in [1.165, 1.54) is 0 Å². The average Bonchev–Trinajstić information content (AvgIpc) is 2.69. The topological polar surface area (TPSA) is 70.9 Å². The van der Waals surface area contributed by atoms with E-state index in [2.05, 4.69) is 20.3 Å². The van der Waals surface area contributed by atoms with Crippen LogP contribution in [0, 0.1) is 6.92 Å². The first-order chi connectivity index (χ1) is 13.1. The minimum Gasteiger partial charge on any atom is -0.505 e. The molecule has 0 saturated heterocycles. The molecule has 0 aliphatic carbocycles. The molecule has 3 heterocycles. The second-order valence-electron chi connectivity index (χ2n) is 6.25. The van der Waals surface area contributed by atoms with Crippen LogP contribution >= 0.6 is 11.6 Å². The van der Waals surface area contributed by atoms with Gasteiger partial charge < -0.3 is 10.4 Å². The summed E-state index contributed by atoms with van der Waals surface area (Å²) in [6.07, 6.45) is 5.03. The summed E-state index contributed by atoms with van der Waals surface area (Å²) in [6, 6.07) is 14.8. The lowest BCUT2D eigenvalue weighted by Gasteiger charge is -2.22. The lowest BCUT2D eigenvalue weighted by atomic mass is 9.97. The Hall–Kier alpha value is -3.18. The van der Waals surface area contributed by atoms with Crippen molar-refractivity contribution in [3.05, 3.63) is 89.0 Å². The molecule has 0 amide bonds. The largest absolute Gasteiger partial charge is 0.505 e. The van der Waals surface area contributed by atoms with E-state index in [9.17, 15) is 5.11 Å². The molecule has 0 fully saturated rings. The van der Waals surface area contributed by atoms with Crippen molar-refractivity contribution in [2.45, 2.75) is 13.0 Å². The minimum absolute atomic E-state index is 0.152. The van der Waals surface area contributed by atoms with E-state index in [1.54, 1.807) is 30.7 Å². The van der Waals surface area contributed by atoms with Gasteiger partial charge in [-0.25, -0.2) is 9.97 Å². The smallest absolute Gasteiger partial charge is 0.147 e. The highest BCUT2D eigenvalue weighted by Crippen LogP contribution is 2.36. The Morgan fingerprint density at radius 1 is 1.00 bits per heavy atom. The zero-order valence-corrected chi connectivity index (χ0v) is 15.4. The van der Waals surface area contributed by atoms with Gasteiger partial charge in [-0.15, -0.1) is 0 Å². The van der Waals surface area contributed by atoms with Crippen molar-refractivity contribution in [1.82, 2.24) is 15.0 Å². The number of halogens is 1. The molecule has 1 unspecified atom stereocenters. The number of hydrogen-bond donors (Lipinski definition) is 2. The Morgan fingerprint density at radius 3 is 2.52 bits per heavy atom. The lowest BCUT2D eigenvalue weighted by molar-refractivity contribution is 0.471. The van der Waals surface area contributed by atoms with Gasteiger partial charge in [0.25, 0.3) is 0 Å². The molecular weight excluding hydrogens is 360 g/mol. The predicted octanol–water partition coefficient (Wildman–Crippen LogP) is 4.89. The number of pyridine rings is 3. The lowest BCUT2D eigenvalue weighted by Crippen LogP contribution is -2.13. The van der Waals surface area contributed by atoms with Crippen molar-refractivity contribution < 1.29 is 5.11 Å². The fourth-order valence-electron chi connectivity index (χ4n) is 3.03. The maximum absolute atomic E-state index is 11.0. The molecule has 6 heteroatoms. The summed E-state index contributed by atoms with van der Waals surface area (Å²) in [7, 11) is 0. The van der Waals surface area contributed by atoms with Gasteiger partial charge in [0.15, 0.2) is 0 Å². The van der Waals surface area contributed by atoms with Gasteiger partial charge in [0.2, 0.25) is 0 Å². The van der Waals surface area contributed by atoms with Gasteiger partial charge in [-0.1, -0.05) is 29.8 Å². The third kappa shape index (κ3) is 3.55. The summed E-state index contributed by atoms with van der Waals surface area (Å²) in [5, 5.41) is 15.8. The van der Waals surface area contributed by atoms with Gasteiger partial charge in [-0.3, -0.25) is 4.98 Å². The number of aromatic hydroxyl groups is 1. The van der Waals surface area contributed by atoms with Gasteiger partial charge in [-0.05, 0) is 42.8 Å². The van der Waals surface area contributed by atoms with Crippen LogP contribution < -0.4 is 5.32 Å². The fraction of sp³-hybridized carbons (Fsp3) is 0.0952. The highest BCUT2D eigenvalue weighted by Gasteiger charge is 2.20. The molecule has 0 radical (unpaired) electrons. The third-order valence-corrected chi connectivity index (χ3v) is 4.60. The maximum atomic E-state index is 11.0. The van der Waals surface area contributed by atoms with Crippen LogP contribution in [0.4, 0.5) is 5.82 Å². The van der Waals surface area contributed by atoms with Crippen LogP contribution in [-0.4, -0.2) is 20.1 Å². The third-order valence-electron chi connectivity index (χ3n) is 4.38. The van der Waals surface area contributed by atoms with Crippen molar-refractivity contribution >= 4 is 28.3 Å². The molecule has 0 bridgehead atoms. The highest BCUT2D eigenvalue weighted by atomic mass is 35.5. The normalized spacial score (nSPS) is 12.1. The number of nitrogens with one attached hydrogen (secondary N) is 1. The molecule has 1 atom stereocenters. The van der Waals surface area contributed by atoms with Crippen molar-refractivity contribution in [3.8, 4) is 5.75 Å². The molecule has 134 valence electrons. The molecule has 0 spiro atoms. The van der Waals surface area contributed by atoms with Crippen LogP contribution in [0.25, 0.3) is 10.9 Å². The number of hydrogen-bond acceptors (Lipinski definition) is 5. The molecule has 4 aromatic rings. The van der Waals surface area contributed by atoms with Crippen LogP contribution in [0.1, 0.15) is 22.9 Å². The van der Waals surface area contributed by atoms with Gasteiger partial charge in [0.1, 0.15) is 17.1 Å². The van der Waals surface area contributed by atoms with Crippen molar-refractivity contribution in [1.29, 1.82) is 0 Å². The molecule has 1 aromatic carbocycles. The molecule has 2 N–H and O–H groups in total. The van der Waals surface area contributed by atoms with Crippen LogP contribution in [0.15, 0.2) is 67.1 Å². The maximum Gasteiger partial charge on any atom is 0.147 e. The molecule has 5 nitrogen and oxygen atoms in total. The number of aryl methyl sites for hydroxylation is 1. The molecule has 3 aromatic heterocycles. The van der Waals surface area contributed by atoms with Crippen LogP contribution in [0.5, 0.6) is 5.75 Å². The standard InChI is InChI=1S/C21H17ClN4O/c1-13-2-3-14-4-6-17(21(27)20(14)25-13)19(15-8-10-23-11-9-15)26-18-7-5-16(22)12-24-18/h2-12,19,27H,1H3,(H,24,26). The van der Waals surface area contributed by atoms with Crippen molar-refractivity contribution in [2.24, 2.45) is 0 Å². The summed E-state index contributed by atoms with van der Waals surface area (Å²) < 4.78 is 0. The second-order valence-corrected chi connectivity index (χ2v) is 6.68. The summed E-state index contributed by atoms with van der Waals surface area (Å²) in [4.78, 5) is 12.9. The summed E-state index contributed by atoms with van der Waals surface area (Å²) in [6.45, 7) is 1.90. The number of nitrogens with zero attached hydrogens (tertiary/aromatic N) is 3. The van der Waals surface area contributed by atoms with E-state index in [1.807, 2.05) is 43.3 Å². The van der Waals surface area contributed by atoms with Gasteiger partial charge in [0, 0.05) is 35.2 Å². The summed E-state index contributed by atoms with van der Waals surface area (Å²) in [5.74, 6) is 0.803. The number of phenols is 1. The molecule has 4 rings (SSSR count). The van der Waals surface area contributed by atoms with E-state index in [-0.39, 0.29) is 11.8 Å². The monoisotopic (exact) mass is 376 g/mol. The van der Waals surface area contributed by atoms with E-state index in [4.69, 9.17) is 11.6 Å². The minimum atomic E-state index is -0.326. The van der Waals surface area contributed by atoms with E-state index < -0.39 is 0 Å². The van der Waals surface area contributed by atoms with Crippen molar-refractivity contribution in [3.63, 3.8) is 0 Å². The molecule has 0 saturated carbocycles. The van der Waals surface area contributed by atoms with Gasteiger partial charge >= 0.3 is 0 Å². The first kappa shape index (κ1) is 17.2. The fourth-order valence-corrected chi connectivity index (χ4v) is 3.14. The Bertz CT molecular complexity index is 1080. The highest BCUT2D eigenvalue weighted by molar-refractivity contribution is 6.30. The molecule has 27 heavy (non-hydrogen) atoms. The zero-order valence-electron chi connectivity index (χ0n) is 14.6. The molecule has 0 aliphatic heterocycles. The number of anilines is 1. The first-order valence-electron chi connectivity index (χ1n) is 8.49. The number of benzene rings is 1.